The van der Waals surface area contributed by atoms with E-state index in [1.54, 1.807) is 0 Å². The van der Waals surface area contributed by atoms with Gasteiger partial charge in [0.15, 0.2) is 0 Å². The van der Waals surface area contributed by atoms with Gasteiger partial charge in [0.05, 0.1) is 0 Å². The van der Waals surface area contributed by atoms with E-state index in [4.69, 9.17) is 8.83 Å². The van der Waals surface area contributed by atoms with E-state index in [0.29, 0.717) is 0 Å². The average Bonchev–Trinajstić information content (AvgIpc) is 3.83. The van der Waals surface area contributed by atoms with Crippen molar-refractivity contribution in [1.29, 1.82) is 0 Å². The number of hydrogen-bond donors (Lipinski definition) is 0. The summed E-state index contributed by atoms with van der Waals surface area (Å²) in [5.41, 5.74) is 8.33. The topological polar surface area (TPSA) is 26.3 Å². The van der Waals surface area contributed by atoms with Crippen molar-refractivity contribution in [3.8, 4) is 44.9 Å². The van der Waals surface area contributed by atoms with Gasteiger partial charge in [0.25, 0.3) is 0 Å². The summed E-state index contributed by atoms with van der Waals surface area (Å²) < 4.78 is 14.2. The van der Waals surface area contributed by atoms with Crippen LogP contribution in [-0.2, 0) is 0 Å². The van der Waals surface area contributed by atoms with Gasteiger partial charge in [-0.15, -0.1) is 0 Å². The third-order valence-electron chi connectivity index (χ3n) is 11.6. The first-order valence-corrected chi connectivity index (χ1v) is 19.2. The molecule has 0 spiro atoms. The van der Waals surface area contributed by atoms with Gasteiger partial charge in [0.2, 0.25) is 0 Å². The lowest BCUT2D eigenvalue weighted by atomic mass is 9.85. The van der Waals surface area contributed by atoms with Gasteiger partial charge in [-0.25, -0.2) is 0 Å². The van der Waals surface area contributed by atoms with E-state index < -0.39 is 0 Å². The predicted molar refractivity (Wildman–Crippen MR) is 235 cm³/mol. The van der Waals surface area contributed by atoms with Crippen molar-refractivity contribution in [1.82, 2.24) is 0 Å². The monoisotopic (exact) mass is 712 g/mol. The molecule has 0 fully saturated rings. The minimum absolute atomic E-state index is 0.864. The lowest BCUT2D eigenvalue weighted by Gasteiger charge is -2.18. The zero-order valence-corrected chi connectivity index (χ0v) is 30.3. The summed E-state index contributed by atoms with van der Waals surface area (Å²) >= 11 is 0. The highest BCUT2D eigenvalue weighted by Crippen LogP contribution is 2.52. The molecule has 12 aromatic rings. The molecule has 2 heteroatoms. The molecule has 0 aliphatic rings. The first-order chi connectivity index (χ1) is 27.8. The van der Waals surface area contributed by atoms with Crippen molar-refractivity contribution in [2.24, 2.45) is 0 Å². The summed E-state index contributed by atoms with van der Waals surface area (Å²) in [6, 6.07) is 69.6. The van der Waals surface area contributed by atoms with Crippen molar-refractivity contribution >= 4 is 75.8 Å². The zero-order valence-electron chi connectivity index (χ0n) is 30.3. The third-order valence-corrected chi connectivity index (χ3v) is 11.6. The SMILES string of the molecule is c1ccc2cc(-c3c(-c4c5ccccc5c(-c5oc6ccccc6c5-c5ccc6ccccc6c5)c5cc6ccccc6cc45)oc4ccccc34)ccc2c1. The first kappa shape index (κ1) is 31.0. The third kappa shape index (κ3) is 4.63. The Balaban J connectivity index is 1.24. The Morgan fingerprint density at radius 3 is 1.00 bits per heavy atom. The van der Waals surface area contributed by atoms with Gasteiger partial charge < -0.3 is 8.83 Å². The van der Waals surface area contributed by atoms with E-state index in [0.717, 1.165) is 88.4 Å². The highest BCUT2D eigenvalue weighted by molar-refractivity contribution is 6.26. The largest absolute Gasteiger partial charge is 0.455 e. The molecule has 12 rings (SSSR count). The highest BCUT2D eigenvalue weighted by Gasteiger charge is 2.27. The summed E-state index contributed by atoms with van der Waals surface area (Å²) in [4.78, 5) is 0. The molecule has 0 unspecified atom stereocenters. The number of para-hydroxylation sites is 2. The molecule has 2 aromatic heterocycles. The molecular weight excluding hydrogens is 681 g/mol. The molecule has 0 N–H and O–H groups in total. The Hall–Kier alpha value is -7.42. The van der Waals surface area contributed by atoms with Crippen LogP contribution in [0.25, 0.3) is 121 Å². The molecule has 260 valence electrons. The zero-order chi connectivity index (χ0) is 36.7. The highest BCUT2D eigenvalue weighted by atomic mass is 16.3. The summed E-state index contributed by atoms with van der Waals surface area (Å²) in [6.07, 6.45) is 0. The fourth-order valence-electron chi connectivity index (χ4n) is 9.06. The van der Waals surface area contributed by atoms with E-state index in [9.17, 15) is 0 Å². The summed E-state index contributed by atoms with van der Waals surface area (Å²) in [6.45, 7) is 0. The Kier molecular flexibility index (Phi) is 6.66. The van der Waals surface area contributed by atoms with Crippen molar-refractivity contribution in [2.45, 2.75) is 0 Å². The van der Waals surface area contributed by atoms with Crippen molar-refractivity contribution in [2.75, 3.05) is 0 Å². The number of fused-ring (bicyclic) bond motifs is 7. The second-order valence-electron chi connectivity index (χ2n) is 14.8. The summed E-state index contributed by atoms with van der Waals surface area (Å²) in [5.74, 6) is 1.73. The normalized spacial score (nSPS) is 11.9. The number of rotatable bonds is 4. The van der Waals surface area contributed by atoms with Crippen LogP contribution in [0.5, 0.6) is 0 Å². The van der Waals surface area contributed by atoms with Gasteiger partial charge in [0.1, 0.15) is 22.7 Å². The van der Waals surface area contributed by atoms with Gasteiger partial charge in [-0.2, -0.15) is 0 Å². The van der Waals surface area contributed by atoms with E-state index in [1.807, 2.05) is 0 Å². The Morgan fingerprint density at radius 2 is 0.571 bits per heavy atom. The molecule has 2 nitrogen and oxygen atoms in total. The van der Waals surface area contributed by atoms with Crippen molar-refractivity contribution in [3.63, 3.8) is 0 Å². The molecule has 2 heterocycles. The minimum Gasteiger partial charge on any atom is -0.455 e. The molecule has 0 aliphatic heterocycles. The van der Waals surface area contributed by atoms with Crippen LogP contribution in [0.1, 0.15) is 0 Å². The van der Waals surface area contributed by atoms with Crippen LogP contribution in [0.2, 0.25) is 0 Å². The van der Waals surface area contributed by atoms with E-state index in [-0.39, 0.29) is 0 Å². The molecule has 0 saturated carbocycles. The van der Waals surface area contributed by atoms with E-state index in [1.165, 1.54) is 32.3 Å². The quantitative estimate of drug-likeness (QED) is 0.170. The lowest BCUT2D eigenvalue weighted by molar-refractivity contribution is 0.632. The van der Waals surface area contributed by atoms with Crippen LogP contribution in [0.15, 0.2) is 203 Å². The van der Waals surface area contributed by atoms with E-state index >= 15 is 0 Å². The van der Waals surface area contributed by atoms with Crippen LogP contribution < -0.4 is 0 Å². The van der Waals surface area contributed by atoms with Crippen LogP contribution in [0.4, 0.5) is 0 Å². The van der Waals surface area contributed by atoms with Crippen LogP contribution >= 0.6 is 0 Å². The van der Waals surface area contributed by atoms with Gasteiger partial charge in [-0.05, 0) is 101 Å². The second-order valence-corrected chi connectivity index (χ2v) is 14.8. The number of benzene rings is 10. The maximum absolute atomic E-state index is 7.08. The molecule has 10 aromatic carbocycles. The van der Waals surface area contributed by atoms with Gasteiger partial charge >= 0.3 is 0 Å². The van der Waals surface area contributed by atoms with Gasteiger partial charge in [-0.1, -0.05) is 158 Å². The Morgan fingerprint density at radius 1 is 0.232 bits per heavy atom. The van der Waals surface area contributed by atoms with Crippen molar-refractivity contribution < 1.29 is 8.83 Å². The maximum Gasteiger partial charge on any atom is 0.144 e. The lowest BCUT2D eigenvalue weighted by Crippen LogP contribution is -1.92. The number of furan rings is 2. The Labute approximate surface area is 322 Å². The predicted octanol–water partition coefficient (Wildman–Crippen LogP) is 15.6. The molecule has 0 amide bonds. The smallest absolute Gasteiger partial charge is 0.144 e. The number of hydrogen-bond acceptors (Lipinski definition) is 2. The van der Waals surface area contributed by atoms with Crippen LogP contribution in [0.3, 0.4) is 0 Å². The second kappa shape index (κ2) is 12.0. The molecule has 56 heavy (non-hydrogen) atoms. The first-order valence-electron chi connectivity index (χ1n) is 19.2. The van der Waals surface area contributed by atoms with E-state index in [2.05, 4.69) is 194 Å². The summed E-state index contributed by atoms with van der Waals surface area (Å²) in [7, 11) is 0. The van der Waals surface area contributed by atoms with Crippen molar-refractivity contribution in [3.05, 3.63) is 194 Å². The molecule has 0 saturated heterocycles. The molecular formula is C54H32O2. The molecule has 0 atom stereocenters. The molecule has 0 radical (unpaired) electrons. The minimum atomic E-state index is 0.864. The van der Waals surface area contributed by atoms with Crippen LogP contribution in [-0.4, -0.2) is 0 Å². The maximum atomic E-state index is 7.08. The molecule has 0 bridgehead atoms. The summed E-state index contributed by atoms with van der Waals surface area (Å²) in [5, 5.41) is 13.8. The standard InChI is InChI=1S/C54H32O2/c1-3-15-35-29-39(27-25-33(35)13-1)49-43-21-9-11-23-47(43)55-53(49)51-41-19-7-8-20-42(41)52(46-32-38-18-6-5-17-37(38)31-45(46)51)54-50(44-22-10-12-24-48(44)56-54)40-28-26-34-14-2-4-16-36(34)30-40/h1-32H. The van der Waals surface area contributed by atoms with Gasteiger partial charge in [0, 0.05) is 33.0 Å². The fraction of sp³-hybridized carbons (Fsp3) is 0. The van der Waals surface area contributed by atoms with Crippen LogP contribution in [0, 0.1) is 0 Å². The molecule has 0 aliphatic carbocycles. The fourth-order valence-corrected chi connectivity index (χ4v) is 9.06. The van der Waals surface area contributed by atoms with Gasteiger partial charge in [-0.3, -0.25) is 0 Å². The average molecular weight is 713 g/mol. The Bertz CT molecular complexity index is 3310.